The molecule has 2 aromatic carbocycles. The first-order valence-electron chi connectivity index (χ1n) is 11.7. The van der Waals surface area contributed by atoms with Crippen LogP contribution in [0.1, 0.15) is 39.6 Å². The van der Waals surface area contributed by atoms with Crippen molar-refractivity contribution in [3.05, 3.63) is 82.4 Å². The second-order valence-electron chi connectivity index (χ2n) is 8.59. The van der Waals surface area contributed by atoms with Crippen LogP contribution in [0.3, 0.4) is 0 Å². The summed E-state index contributed by atoms with van der Waals surface area (Å²) in [4.78, 5) is 35.3. The number of fused-ring (bicyclic) bond motifs is 1. The van der Waals surface area contributed by atoms with Gasteiger partial charge in [0.2, 0.25) is 0 Å². The number of carbonyl (C=O) groups excluding carboxylic acids is 2. The Balaban J connectivity index is 1.26. The van der Waals surface area contributed by atoms with Crippen molar-refractivity contribution < 1.29 is 14.3 Å². The van der Waals surface area contributed by atoms with E-state index in [-0.39, 0.29) is 11.8 Å². The molecular weight excluding hydrogens is 448 g/mol. The number of ether oxygens (including phenoxy) is 1. The minimum Gasteiger partial charge on any atom is -0.379 e. The van der Waals surface area contributed by atoms with Crippen molar-refractivity contribution in [1.82, 2.24) is 14.8 Å². The van der Waals surface area contributed by atoms with E-state index in [9.17, 15) is 9.59 Å². The molecular formula is C26H28N4O3S. The Bertz CT molecular complexity index is 1140. The van der Waals surface area contributed by atoms with E-state index in [4.69, 9.17) is 4.74 Å². The summed E-state index contributed by atoms with van der Waals surface area (Å²) in [5.74, 6) is -0.371. The highest BCUT2D eigenvalue weighted by Crippen LogP contribution is 2.32. The number of anilines is 1. The lowest BCUT2D eigenvalue weighted by Crippen LogP contribution is -2.37. The first kappa shape index (κ1) is 22.7. The van der Waals surface area contributed by atoms with Crippen molar-refractivity contribution in [2.75, 3.05) is 38.2 Å². The molecule has 3 aromatic rings. The smallest absolute Gasteiger partial charge is 0.255 e. The number of rotatable bonds is 8. The Morgan fingerprint density at radius 3 is 2.65 bits per heavy atom. The van der Waals surface area contributed by atoms with E-state index < -0.39 is 6.04 Å². The molecule has 1 saturated heterocycles. The third-order valence-corrected chi connectivity index (χ3v) is 7.12. The van der Waals surface area contributed by atoms with E-state index in [1.54, 1.807) is 4.90 Å². The van der Waals surface area contributed by atoms with Gasteiger partial charge in [-0.3, -0.25) is 19.8 Å². The number of thiazole rings is 1. The monoisotopic (exact) mass is 476 g/mol. The Morgan fingerprint density at radius 1 is 1.09 bits per heavy atom. The fraction of sp³-hybridized carbons (Fsp3) is 0.346. The van der Waals surface area contributed by atoms with Crippen LogP contribution < -0.4 is 5.32 Å². The first-order chi connectivity index (χ1) is 16.7. The number of hydrogen-bond donors (Lipinski definition) is 1. The SMILES string of the molecule is O=C(Nc1nc(CCCN2CCOCC2)cs1)C(c1ccccc1)N1Cc2ccccc2C1=O. The number of morpholine rings is 1. The molecule has 2 aliphatic rings. The van der Waals surface area contributed by atoms with Gasteiger partial charge < -0.3 is 9.64 Å². The highest BCUT2D eigenvalue weighted by molar-refractivity contribution is 7.13. The molecule has 34 heavy (non-hydrogen) atoms. The zero-order valence-electron chi connectivity index (χ0n) is 19.0. The second kappa shape index (κ2) is 10.5. The maximum atomic E-state index is 13.5. The third kappa shape index (κ3) is 5.04. The average molecular weight is 477 g/mol. The summed E-state index contributed by atoms with van der Waals surface area (Å²) < 4.78 is 5.40. The maximum Gasteiger partial charge on any atom is 0.255 e. The Morgan fingerprint density at radius 2 is 1.85 bits per heavy atom. The van der Waals surface area contributed by atoms with Crippen LogP contribution in [0.5, 0.6) is 0 Å². The standard InChI is InChI=1S/C26H28N4O3S/c31-24(28-26-27-21(18-34-26)10-6-12-29-13-15-33-16-14-29)23(19-7-2-1-3-8-19)30-17-20-9-4-5-11-22(20)25(30)32/h1-5,7-9,11,18,23H,6,10,12-17H2,(H,27,28,31). The Labute approximate surface area is 203 Å². The largest absolute Gasteiger partial charge is 0.379 e. The van der Waals surface area contributed by atoms with Crippen LogP contribution in [0.25, 0.3) is 0 Å². The number of nitrogens with one attached hydrogen (secondary N) is 1. The van der Waals surface area contributed by atoms with Gasteiger partial charge in [0.25, 0.3) is 11.8 Å². The number of amides is 2. The summed E-state index contributed by atoms with van der Waals surface area (Å²) in [5, 5.41) is 5.54. The quantitative estimate of drug-likeness (QED) is 0.536. The molecule has 3 heterocycles. The maximum absolute atomic E-state index is 13.5. The predicted octanol–water partition coefficient (Wildman–Crippen LogP) is 3.74. The van der Waals surface area contributed by atoms with Crippen molar-refractivity contribution in [3.63, 3.8) is 0 Å². The molecule has 1 unspecified atom stereocenters. The van der Waals surface area contributed by atoms with Crippen LogP contribution in [0.15, 0.2) is 60.0 Å². The summed E-state index contributed by atoms with van der Waals surface area (Å²) in [6, 6.07) is 16.3. The van der Waals surface area contributed by atoms with Crippen molar-refractivity contribution in [3.8, 4) is 0 Å². The molecule has 1 atom stereocenters. The van der Waals surface area contributed by atoms with Gasteiger partial charge in [0.05, 0.1) is 18.9 Å². The van der Waals surface area contributed by atoms with Crippen LogP contribution in [0.2, 0.25) is 0 Å². The third-order valence-electron chi connectivity index (χ3n) is 6.32. The average Bonchev–Trinajstić information content (AvgIpc) is 3.45. The van der Waals surface area contributed by atoms with Gasteiger partial charge in [0, 0.05) is 30.6 Å². The highest BCUT2D eigenvalue weighted by atomic mass is 32.1. The van der Waals surface area contributed by atoms with E-state index in [2.05, 4.69) is 15.2 Å². The molecule has 2 amide bonds. The highest BCUT2D eigenvalue weighted by Gasteiger charge is 2.37. The van der Waals surface area contributed by atoms with Crippen LogP contribution in [0, 0.1) is 0 Å². The molecule has 7 nitrogen and oxygen atoms in total. The summed E-state index contributed by atoms with van der Waals surface area (Å²) in [6.45, 7) is 5.01. The summed E-state index contributed by atoms with van der Waals surface area (Å²) in [6.07, 6.45) is 1.88. The number of nitrogens with zero attached hydrogens (tertiary/aromatic N) is 3. The van der Waals surface area contributed by atoms with E-state index in [0.29, 0.717) is 17.2 Å². The van der Waals surface area contributed by atoms with Crippen LogP contribution >= 0.6 is 11.3 Å². The fourth-order valence-electron chi connectivity index (χ4n) is 4.56. The number of hydrogen-bond acceptors (Lipinski definition) is 6. The lowest BCUT2D eigenvalue weighted by molar-refractivity contribution is -0.120. The van der Waals surface area contributed by atoms with Gasteiger partial charge in [-0.15, -0.1) is 11.3 Å². The van der Waals surface area contributed by atoms with E-state index in [0.717, 1.165) is 62.5 Å². The lowest BCUT2D eigenvalue weighted by Gasteiger charge is -2.27. The second-order valence-corrected chi connectivity index (χ2v) is 9.45. The minimum atomic E-state index is -0.727. The van der Waals surface area contributed by atoms with E-state index >= 15 is 0 Å². The summed E-state index contributed by atoms with van der Waals surface area (Å²) >= 11 is 1.43. The summed E-state index contributed by atoms with van der Waals surface area (Å²) in [7, 11) is 0. The molecule has 0 radical (unpaired) electrons. The van der Waals surface area contributed by atoms with Gasteiger partial charge in [0.15, 0.2) is 5.13 Å². The number of benzene rings is 2. The molecule has 0 spiro atoms. The van der Waals surface area contributed by atoms with E-state index in [1.165, 1.54) is 11.3 Å². The number of aromatic nitrogens is 1. The van der Waals surface area contributed by atoms with Crippen molar-refractivity contribution in [1.29, 1.82) is 0 Å². The number of aryl methyl sites for hydroxylation is 1. The lowest BCUT2D eigenvalue weighted by atomic mass is 10.0. The fourth-order valence-corrected chi connectivity index (χ4v) is 5.30. The molecule has 5 rings (SSSR count). The molecule has 2 aliphatic heterocycles. The van der Waals surface area contributed by atoms with Gasteiger partial charge >= 0.3 is 0 Å². The molecule has 176 valence electrons. The molecule has 8 heteroatoms. The minimum absolute atomic E-state index is 0.123. The zero-order chi connectivity index (χ0) is 23.3. The molecule has 0 saturated carbocycles. The number of carbonyl (C=O) groups is 2. The molecule has 0 bridgehead atoms. The predicted molar refractivity (Wildman–Crippen MR) is 132 cm³/mol. The first-order valence-corrected chi connectivity index (χ1v) is 12.6. The van der Waals surface area contributed by atoms with Crippen LogP contribution in [-0.4, -0.2) is 59.4 Å². The zero-order valence-corrected chi connectivity index (χ0v) is 19.8. The van der Waals surface area contributed by atoms with Gasteiger partial charge in [-0.05, 0) is 36.6 Å². The Kier molecular flexibility index (Phi) is 6.99. The normalized spacial score (nSPS) is 16.9. The molecule has 1 N–H and O–H groups in total. The topological polar surface area (TPSA) is 74.8 Å². The molecule has 1 aromatic heterocycles. The molecule has 0 aliphatic carbocycles. The van der Waals surface area contributed by atoms with Crippen LogP contribution in [0.4, 0.5) is 5.13 Å². The van der Waals surface area contributed by atoms with Gasteiger partial charge in [-0.2, -0.15) is 0 Å². The van der Waals surface area contributed by atoms with Crippen molar-refractivity contribution >= 4 is 28.3 Å². The van der Waals surface area contributed by atoms with E-state index in [1.807, 2.05) is 60.0 Å². The van der Waals surface area contributed by atoms with Crippen molar-refractivity contribution in [2.45, 2.75) is 25.4 Å². The molecule has 1 fully saturated rings. The van der Waals surface area contributed by atoms with Crippen LogP contribution in [-0.2, 0) is 22.5 Å². The van der Waals surface area contributed by atoms with Gasteiger partial charge in [-0.25, -0.2) is 4.98 Å². The summed E-state index contributed by atoms with van der Waals surface area (Å²) in [5.41, 5.74) is 3.36. The Hall–Kier alpha value is -3.07. The van der Waals surface area contributed by atoms with Gasteiger partial charge in [0.1, 0.15) is 6.04 Å². The van der Waals surface area contributed by atoms with Crippen molar-refractivity contribution in [2.24, 2.45) is 0 Å². The van der Waals surface area contributed by atoms with Gasteiger partial charge in [-0.1, -0.05) is 48.5 Å².